The zero-order valence-corrected chi connectivity index (χ0v) is 37.5. The molecule has 0 aromatic heterocycles. The Morgan fingerprint density at radius 2 is 0.964 bits per heavy atom. The van der Waals surface area contributed by atoms with Gasteiger partial charge in [0.15, 0.2) is 0 Å². The summed E-state index contributed by atoms with van der Waals surface area (Å²) in [6.45, 7) is 6.37. The number of aliphatic hydroxyl groups is 2. The molecular weight excluding hydrogens is 695 g/mol. The minimum Gasteiger partial charge on any atom is -0.462 e. The monoisotopic (exact) mass is 790 g/mol. The maximum Gasteiger partial charge on any atom is 0.306 e. The highest BCUT2D eigenvalue weighted by molar-refractivity contribution is 5.77. The van der Waals surface area contributed by atoms with Crippen molar-refractivity contribution in [1.82, 2.24) is 5.32 Å². The lowest BCUT2D eigenvalue weighted by molar-refractivity contribution is -0.151. The van der Waals surface area contributed by atoms with Crippen molar-refractivity contribution < 1.29 is 24.5 Å². The van der Waals surface area contributed by atoms with Crippen LogP contribution in [-0.4, -0.2) is 46.9 Å². The van der Waals surface area contributed by atoms with Gasteiger partial charge in [-0.3, -0.25) is 9.59 Å². The zero-order valence-electron chi connectivity index (χ0n) is 37.5. The van der Waals surface area contributed by atoms with E-state index in [9.17, 15) is 19.8 Å². The van der Waals surface area contributed by atoms with Crippen molar-refractivity contribution in [3.63, 3.8) is 0 Å². The van der Waals surface area contributed by atoms with Gasteiger partial charge < -0.3 is 20.3 Å². The Labute approximate surface area is 348 Å². The van der Waals surface area contributed by atoms with Gasteiger partial charge in [0.1, 0.15) is 6.10 Å². The van der Waals surface area contributed by atoms with E-state index in [1.807, 2.05) is 0 Å². The molecule has 3 atom stereocenters. The van der Waals surface area contributed by atoms with Crippen molar-refractivity contribution in [2.75, 3.05) is 6.61 Å². The van der Waals surface area contributed by atoms with Crippen LogP contribution in [0, 0.1) is 0 Å². The van der Waals surface area contributed by atoms with E-state index >= 15 is 0 Å². The largest absolute Gasteiger partial charge is 0.462 e. The molecular formula is C50H95NO5. The zero-order chi connectivity index (χ0) is 41.0. The highest BCUT2D eigenvalue weighted by atomic mass is 16.5. The lowest BCUT2D eigenvalue weighted by Crippen LogP contribution is -2.46. The third-order valence-corrected chi connectivity index (χ3v) is 11.3. The topological polar surface area (TPSA) is 95.9 Å². The van der Waals surface area contributed by atoms with Crippen LogP contribution in [0.4, 0.5) is 0 Å². The Hall–Kier alpha value is -1.66. The Bertz CT molecular complexity index is 889. The Balaban J connectivity index is 4.56. The molecule has 0 fully saturated rings. The first-order valence-corrected chi connectivity index (χ1v) is 24.6. The van der Waals surface area contributed by atoms with Gasteiger partial charge in [0.05, 0.1) is 25.2 Å². The van der Waals surface area contributed by atoms with Gasteiger partial charge in [-0.15, -0.1) is 0 Å². The SMILES string of the molecule is CC/C=C/C/C=C/CCCCCCCC(CC(=O)NC(CO)C(O)CCCCCCCCCCCCC)OC(=O)CCCCCCCCCCCCCCCC. The third-order valence-electron chi connectivity index (χ3n) is 11.3. The van der Waals surface area contributed by atoms with Gasteiger partial charge in [0, 0.05) is 6.42 Å². The summed E-state index contributed by atoms with van der Waals surface area (Å²) in [5.74, 6) is -0.477. The average molecular weight is 790 g/mol. The van der Waals surface area contributed by atoms with Gasteiger partial charge in [0.25, 0.3) is 0 Å². The van der Waals surface area contributed by atoms with Crippen LogP contribution >= 0.6 is 0 Å². The first-order valence-electron chi connectivity index (χ1n) is 24.6. The van der Waals surface area contributed by atoms with E-state index in [0.29, 0.717) is 19.3 Å². The average Bonchev–Trinajstić information content (AvgIpc) is 3.19. The molecule has 0 aliphatic rings. The Kier molecular flexibility index (Phi) is 43.1. The fraction of sp³-hybridized carbons (Fsp3) is 0.880. The van der Waals surface area contributed by atoms with E-state index < -0.39 is 18.2 Å². The van der Waals surface area contributed by atoms with Gasteiger partial charge in [-0.2, -0.15) is 0 Å². The van der Waals surface area contributed by atoms with Crippen molar-refractivity contribution in [2.45, 2.75) is 277 Å². The molecule has 6 heteroatoms. The number of rotatable bonds is 44. The predicted octanol–water partition coefficient (Wildman–Crippen LogP) is 14.3. The van der Waals surface area contributed by atoms with Crippen molar-refractivity contribution in [3.05, 3.63) is 24.3 Å². The molecule has 1 amide bonds. The van der Waals surface area contributed by atoms with Gasteiger partial charge in [-0.25, -0.2) is 0 Å². The molecule has 0 aromatic rings. The summed E-state index contributed by atoms with van der Waals surface area (Å²) in [6.07, 6.45) is 49.5. The normalized spacial score (nSPS) is 13.4. The molecule has 0 rings (SSSR count). The van der Waals surface area contributed by atoms with Gasteiger partial charge in [-0.1, -0.05) is 218 Å². The van der Waals surface area contributed by atoms with E-state index in [-0.39, 0.29) is 24.9 Å². The molecule has 3 unspecified atom stereocenters. The number of unbranched alkanes of at least 4 members (excludes halogenated alkanes) is 28. The van der Waals surface area contributed by atoms with E-state index in [4.69, 9.17) is 4.74 Å². The van der Waals surface area contributed by atoms with Crippen molar-refractivity contribution in [1.29, 1.82) is 0 Å². The number of hydrogen-bond donors (Lipinski definition) is 3. The molecule has 0 saturated heterocycles. The van der Waals surface area contributed by atoms with Crippen LogP contribution in [0.3, 0.4) is 0 Å². The van der Waals surface area contributed by atoms with E-state index in [1.54, 1.807) is 0 Å². The summed E-state index contributed by atoms with van der Waals surface area (Å²) in [5, 5.41) is 23.7. The maximum atomic E-state index is 13.1. The standard InChI is InChI=1S/C50H95NO5/c1-4-7-10-13-16-19-22-24-25-28-31-34-37-40-43-50(55)56-46(41-38-35-32-29-27-23-20-17-14-11-8-5-2)44-49(54)51-47(45-52)48(53)42-39-36-33-30-26-21-18-15-12-9-6-3/h8,11,17,20,46-48,52-53H,4-7,9-10,12-16,18-19,21-45H2,1-3H3,(H,51,54)/b11-8+,20-17+. The van der Waals surface area contributed by atoms with Crippen molar-refractivity contribution in [2.24, 2.45) is 0 Å². The molecule has 0 bridgehead atoms. The van der Waals surface area contributed by atoms with Crippen LogP contribution in [0.5, 0.6) is 0 Å². The minimum atomic E-state index is -0.786. The van der Waals surface area contributed by atoms with Gasteiger partial charge >= 0.3 is 5.97 Å². The first-order chi connectivity index (χ1) is 27.5. The maximum absolute atomic E-state index is 13.1. The lowest BCUT2D eigenvalue weighted by atomic mass is 10.0. The summed E-state index contributed by atoms with van der Waals surface area (Å²) in [6, 6.07) is -0.700. The Morgan fingerprint density at radius 3 is 1.45 bits per heavy atom. The fourth-order valence-electron chi connectivity index (χ4n) is 7.59. The number of ether oxygens (including phenoxy) is 1. The number of nitrogens with one attached hydrogen (secondary N) is 1. The second-order valence-corrected chi connectivity index (χ2v) is 16.8. The highest BCUT2D eigenvalue weighted by Gasteiger charge is 2.24. The molecule has 330 valence electrons. The van der Waals surface area contributed by atoms with Crippen LogP contribution < -0.4 is 5.32 Å². The van der Waals surface area contributed by atoms with Crippen molar-refractivity contribution >= 4 is 11.9 Å². The molecule has 0 aliphatic heterocycles. The molecule has 0 aromatic carbocycles. The fourth-order valence-corrected chi connectivity index (χ4v) is 7.59. The molecule has 6 nitrogen and oxygen atoms in total. The summed E-state index contributed by atoms with van der Waals surface area (Å²) in [5.41, 5.74) is 0. The Morgan fingerprint density at radius 1 is 0.536 bits per heavy atom. The minimum absolute atomic E-state index is 0.0728. The second-order valence-electron chi connectivity index (χ2n) is 16.8. The molecule has 0 radical (unpaired) electrons. The second kappa shape index (κ2) is 44.4. The van der Waals surface area contributed by atoms with Crippen molar-refractivity contribution in [3.8, 4) is 0 Å². The van der Waals surface area contributed by atoms with E-state index in [1.165, 1.54) is 135 Å². The molecule has 0 heterocycles. The first kappa shape index (κ1) is 54.3. The smallest absolute Gasteiger partial charge is 0.306 e. The third kappa shape index (κ3) is 39.2. The number of allylic oxidation sites excluding steroid dienone is 4. The summed E-state index contributed by atoms with van der Waals surface area (Å²) >= 11 is 0. The lowest BCUT2D eigenvalue weighted by Gasteiger charge is -2.24. The summed E-state index contributed by atoms with van der Waals surface area (Å²) in [7, 11) is 0. The molecule has 0 spiro atoms. The quantitative estimate of drug-likeness (QED) is 0.0324. The van der Waals surface area contributed by atoms with Gasteiger partial charge in [-0.05, 0) is 51.4 Å². The van der Waals surface area contributed by atoms with Crippen LogP contribution in [0.25, 0.3) is 0 Å². The molecule has 56 heavy (non-hydrogen) atoms. The number of amides is 1. The van der Waals surface area contributed by atoms with E-state index in [0.717, 1.165) is 77.0 Å². The number of carbonyl (C=O) groups excluding carboxylic acids is 2. The molecule has 0 aliphatic carbocycles. The molecule has 3 N–H and O–H groups in total. The number of hydrogen-bond acceptors (Lipinski definition) is 5. The van der Waals surface area contributed by atoms with Crippen LogP contribution in [0.1, 0.15) is 258 Å². The number of carbonyl (C=O) groups is 2. The number of esters is 1. The summed E-state index contributed by atoms with van der Waals surface area (Å²) in [4.78, 5) is 26.0. The predicted molar refractivity (Wildman–Crippen MR) is 241 cm³/mol. The van der Waals surface area contributed by atoms with E-state index in [2.05, 4.69) is 50.4 Å². The highest BCUT2D eigenvalue weighted by Crippen LogP contribution is 2.18. The van der Waals surface area contributed by atoms with Crippen LogP contribution in [0.2, 0.25) is 0 Å². The van der Waals surface area contributed by atoms with Gasteiger partial charge in [0.2, 0.25) is 5.91 Å². The molecule has 0 saturated carbocycles. The van der Waals surface area contributed by atoms with Crippen LogP contribution in [0.15, 0.2) is 24.3 Å². The van der Waals surface area contributed by atoms with Crippen LogP contribution in [-0.2, 0) is 14.3 Å². The number of aliphatic hydroxyl groups excluding tert-OH is 2. The summed E-state index contributed by atoms with van der Waals surface area (Å²) < 4.78 is 5.91.